The average molecular weight is 223 g/mol. The minimum atomic E-state index is -0.671. The highest BCUT2D eigenvalue weighted by molar-refractivity contribution is 6.20. The monoisotopic (exact) mass is 222 g/mol. The van der Waals surface area contributed by atoms with Crippen molar-refractivity contribution in [3.8, 4) is 0 Å². The number of ether oxygens (including phenoxy) is 2. The van der Waals surface area contributed by atoms with Crippen LogP contribution in [0, 0.1) is 5.92 Å². The topological polar surface area (TPSA) is 35.5 Å². The van der Waals surface area contributed by atoms with Crippen LogP contribution < -0.4 is 0 Å². The second kappa shape index (κ2) is 7.92. The predicted molar refractivity (Wildman–Crippen MR) is 56.4 cm³/mol. The van der Waals surface area contributed by atoms with Gasteiger partial charge in [-0.05, 0) is 12.8 Å². The Balaban J connectivity index is 3.69. The van der Waals surface area contributed by atoms with Crippen molar-refractivity contribution in [1.29, 1.82) is 0 Å². The maximum absolute atomic E-state index is 11.0. The number of hydrogen-bond donors (Lipinski definition) is 0. The Morgan fingerprint density at radius 3 is 2.50 bits per heavy atom. The summed E-state index contributed by atoms with van der Waals surface area (Å²) in [6.45, 7) is 6.32. The first-order valence-corrected chi connectivity index (χ1v) is 5.52. The van der Waals surface area contributed by atoms with Crippen molar-refractivity contribution in [2.24, 2.45) is 5.92 Å². The number of hydrogen-bond acceptors (Lipinski definition) is 3. The molecule has 0 amide bonds. The van der Waals surface area contributed by atoms with E-state index in [9.17, 15) is 4.79 Å². The van der Waals surface area contributed by atoms with Crippen LogP contribution in [0.4, 0.5) is 4.79 Å². The van der Waals surface area contributed by atoms with E-state index in [4.69, 9.17) is 21.1 Å². The SMILES string of the molecule is CCCOC(=O)OC(Cl)C(C)CCC. The Morgan fingerprint density at radius 2 is 2.00 bits per heavy atom. The fourth-order valence-corrected chi connectivity index (χ4v) is 1.21. The van der Waals surface area contributed by atoms with E-state index in [0.29, 0.717) is 6.61 Å². The van der Waals surface area contributed by atoms with Gasteiger partial charge in [-0.25, -0.2) is 4.79 Å². The van der Waals surface area contributed by atoms with Gasteiger partial charge < -0.3 is 9.47 Å². The lowest BCUT2D eigenvalue weighted by Crippen LogP contribution is -2.20. The van der Waals surface area contributed by atoms with Gasteiger partial charge in [-0.3, -0.25) is 0 Å². The average Bonchev–Trinajstić information content (AvgIpc) is 2.15. The summed E-state index contributed by atoms with van der Waals surface area (Å²) in [7, 11) is 0. The van der Waals surface area contributed by atoms with Gasteiger partial charge in [0, 0.05) is 5.92 Å². The van der Waals surface area contributed by atoms with E-state index in [-0.39, 0.29) is 5.92 Å². The molecule has 14 heavy (non-hydrogen) atoms. The number of halogens is 1. The molecule has 0 aliphatic rings. The number of alkyl halides is 1. The fourth-order valence-electron chi connectivity index (χ4n) is 1.01. The van der Waals surface area contributed by atoms with Crippen LogP contribution in [0.5, 0.6) is 0 Å². The highest BCUT2D eigenvalue weighted by Gasteiger charge is 2.18. The van der Waals surface area contributed by atoms with Crippen LogP contribution in [0.25, 0.3) is 0 Å². The highest BCUT2D eigenvalue weighted by Crippen LogP contribution is 2.17. The Labute approximate surface area is 90.7 Å². The summed E-state index contributed by atoms with van der Waals surface area (Å²) in [5, 5.41) is 0. The normalized spacial score (nSPS) is 14.6. The molecule has 0 aliphatic carbocycles. The Bertz CT molecular complexity index is 161. The molecule has 0 saturated heterocycles. The fraction of sp³-hybridized carbons (Fsp3) is 0.900. The third kappa shape index (κ3) is 6.08. The van der Waals surface area contributed by atoms with Crippen molar-refractivity contribution >= 4 is 17.8 Å². The van der Waals surface area contributed by atoms with Crippen molar-refractivity contribution in [3.05, 3.63) is 0 Å². The number of carbonyl (C=O) groups excluding carboxylic acids is 1. The van der Waals surface area contributed by atoms with E-state index in [0.717, 1.165) is 19.3 Å². The van der Waals surface area contributed by atoms with E-state index >= 15 is 0 Å². The quantitative estimate of drug-likeness (QED) is 0.509. The van der Waals surface area contributed by atoms with E-state index in [1.54, 1.807) is 0 Å². The third-order valence-corrected chi connectivity index (χ3v) is 2.34. The van der Waals surface area contributed by atoms with Crippen molar-refractivity contribution in [2.75, 3.05) is 6.61 Å². The van der Waals surface area contributed by atoms with Crippen molar-refractivity contribution < 1.29 is 14.3 Å². The predicted octanol–water partition coefficient (Wildman–Crippen LogP) is 3.55. The van der Waals surface area contributed by atoms with Gasteiger partial charge in [0.05, 0.1) is 6.61 Å². The minimum absolute atomic E-state index is 0.163. The Kier molecular flexibility index (Phi) is 7.67. The molecule has 0 spiro atoms. The lowest BCUT2D eigenvalue weighted by atomic mass is 10.1. The molecule has 0 saturated carbocycles. The molecule has 0 aliphatic heterocycles. The van der Waals surface area contributed by atoms with Crippen LogP contribution in [0.1, 0.15) is 40.0 Å². The summed E-state index contributed by atoms with van der Waals surface area (Å²) >= 11 is 5.86. The summed E-state index contributed by atoms with van der Waals surface area (Å²) in [6.07, 6.45) is 2.08. The second-order valence-corrected chi connectivity index (χ2v) is 3.76. The van der Waals surface area contributed by atoms with Gasteiger partial charge in [-0.2, -0.15) is 0 Å². The zero-order valence-electron chi connectivity index (χ0n) is 9.09. The van der Waals surface area contributed by atoms with Crippen molar-refractivity contribution in [1.82, 2.24) is 0 Å². The summed E-state index contributed by atoms with van der Waals surface area (Å²) in [5.41, 5.74) is -0.584. The molecule has 2 unspecified atom stereocenters. The lowest BCUT2D eigenvalue weighted by molar-refractivity contribution is 0.0320. The lowest BCUT2D eigenvalue weighted by Gasteiger charge is -2.17. The molecule has 0 bridgehead atoms. The van der Waals surface area contributed by atoms with Crippen molar-refractivity contribution in [3.63, 3.8) is 0 Å². The molecule has 0 aromatic heterocycles. The first-order valence-electron chi connectivity index (χ1n) is 5.09. The first-order chi connectivity index (χ1) is 6.61. The van der Waals surface area contributed by atoms with E-state index in [2.05, 4.69) is 6.92 Å². The number of carbonyl (C=O) groups is 1. The van der Waals surface area contributed by atoms with Gasteiger partial charge in [0.15, 0.2) is 5.56 Å². The molecule has 4 heteroatoms. The smallest absolute Gasteiger partial charge is 0.434 e. The molecule has 0 heterocycles. The van der Waals surface area contributed by atoms with Crippen LogP contribution in [0.2, 0.25) is 0 Å². The Morgan fingerprint density at radius 1 is 1.36 bits per heavy atom. The van der Waals surface area contributed by atoms with Crippen molar-refractivity contribution in [2.45, 2.75) is 45.6 Å². The molecule has 84 valence electrons. The summed E-state index contributed by atoms with van der Waals surface area (Å²) in [6, 6.07) is 0. The van der Waals surface area contributed by atoms with E-state index < -0.39 is 11.7 Å². The minimum Gasteiger partial charge on any atom is -0.434 e. The molecule has 0 fully saturated rings. The molecule has 0 rings (SSSR count). The molecule has 2 atom stereocenters. The van der Waals surface area contributed by atoms with Gasteiger partial charge in [-0.1, -0.05) is 38.8 Å². The third-order valence-electron chi connectivity index (χ3n) is 1.82. The molecule has 0 aromatic rings. The van der Waals surface area contributed by atoms with Gasteiger partial charge >= 0.3 is 6.16 Å². The molecular weight excluding hydrogens is 204 g/mol. The van der Waals surface area contributed by atoms with Crippen LogP contribution in [-0.4, -0.2) is 18.3 Å². The Hall–Kier alpha value is -0.440. The molecule has 0 aromatic carbocycles. The molecule has 0 N–H and O–H groups in total. The van der Waals surface area contributed by atoms with Crippen LogP contribution >= 0.6 is 11.6 Å². The largest absolute Gasteiger partial charge is 0.509 e. The van der Waals surface area contributed by atoms with Gasteiger partial charge in [0.25, 0.3) is 0 Å². The summed E-state index contributed by atoms with van der Waals surface area (Å²) in [4.78, 5) is 11.0. The molecule has 0 radical (unpaired) electrons. The van der Waals surface area contributed by atoms with Crippen LogP contribution in [0.15, 0.2) is 0 Å². The molecular formula is C10H19ClO3. The summed E-state index contributed by atoms with van der Waals surface area (Å²) in [5.74, 6) is 0.163. The second-order valence-electron chi connectivity index (χ2n) is 3.33. The van der Waals surface area contributed by atoms with Gasteiger partial charge in [0.2, 0.25) is 0 Å². The highest BCUT2D eigenvalue weighted by atomic mass is 35.5. The van der Waals surface area contributed by atoms with E-state index in [1.165, 1.54) is 0 Å². The zero-order valence-corrected chi connectivity index (χ0v) is 9.84. The maximum atomic E-state index is 11.0. The zero-order chi connectivity index (χ0) is 11.0. The maximum Gasteiger partial charge on any atom is 0.509 e. The van der Waals surface area contributed by atoms with E-state index in [1.807, 2.05) is 13.8 Å². The standard InChI is InChI=1S/C10H19ClO3/c1-4-6-8(3)9(11)14-10(12)13-7-5-2/h8-9H,4-7H2,1-3H3. The first kappa shape index (κ1) is 13.6. The van der Waals surface area contributed by atoms with Crippen LogP contribution in [0.3, 0.4) is 0 Å². The van der Waals surface area contributed by atoms with Gasteiger partial charge in [0.1, 0.15) is 0 Å². The summed E-state index contributed by atoms with van der Waals surface area (Å²) < 4.78 is 9.62. The number of rotatable bonds is 6. The molecule has 3 nitrogen and oxygen atoms in total. The van der Waals surface area contributed by atoms with Crippen LogP contribution in [-0.2, 0) is 9.47 Å². The van der Waals surface area contributed by atoms with Gasteiger partial charge in [-0.15, -0.1) is 0 Å².